The van der Waals surface area contributed by atoms with Crippen molar-refractivity contribution in [1.29, 1.82) is 0 Å². The van der Waals surface area contributed by atoms with E-state index in [1.54, 1.807) is 18.2 Å². The zero-order valence-corrected chi connectivity index (χ0v) is 16.6. The Morgan fingerprint density at radius 2 is 1.73 bits per heavy atom. The summed E-state index contributed by atoms with van der Waals surface area (Å²) in [5, 5.41) is 3.73. The number of benzene rings is 2. The Bertz CT molecular complexity index is 789. The Hall–Kier alpha value is -2.04. The first kappa shape index (κ1) is 20.3. The number of nitrogens with one attached hydrogen (secondary N) is 1. The second kappa shape index (κ2) is 9.06. The molecule has 0 saturated heterocycles. The number of amides is 2. The topological polar surface area (TPSA) is 49.4 Å². The summed E-state index contributed by atoms with van der Waals surface area (Å²) in [5.41, 5.74) is 2.44. The van der Waals surface area contributed by atoms with E-state index >= 15 is 0 Å². The van der Waals surface area contributed by atoms with E-state index in [0.717, 1.165) is 5.69 Å². The summed E-state index contributed by atoms with van der Waals surface area (Å²) in [6.07, 6.45) is 0.147. The molecule has 2 rings (SSSR count). The van der Waals surface area contributed by atoms with E-state index in [0.29, 0.717) is 21.7 Å². The van der Waals surface area contributed by atoms with Gasteiger partial charge in [-0.2, -0.15) is 0 Å². The van der Waals surface area contributed by atoms with Gasteiger partial charge in [-0.25, -0.2) is 0 Å². The molecule has 1 N–H and O–H groups in total. The van der Waals surface area contributed by atoms with E-state index in [1.165, 1.54) is 17.4 Å². The number of hydrogen-bond donors (Lipinski definition) is 1. The van der Waals surface area contributed by atoms with Crippen LogP contribution in [-0.2, 0) is 9.59 Å². The van der Waals surface area contributed by atoms with Crippen LogP contribution in [0, 0.1) is 0 Å². The Kier molecular flexibility index (Phi) is 7.06. The van der Waals surface area contributed by atoms with Crippen molar-refractivity contribution in [3.05, 3.63) is 58.1 Å². The molecule has 0 radical (unpaired) electrons. The summed E-state index contributed by atoms with van der Waals surface area (Å²) < 4.78 is 0. The third-order valence-electron chi connectivity index (χ3n) is 4.00. The van der Waals surface area contributed by atoms with E-state index in [-0.39, 0.29) is 24.8 Å². The maximum Gasteiger partial charge on any atom is 0.226 e. The molecule has 6 heteroatoms. The normalized spacial score (nSPS) is 10.7. The molecule has 0 unspecified atom stereocenters. The summed E-state index contributed by atoms with van der Waals surface area (Å²) in [7, 11) is 0. The molecule has 138 valence electrons. The Labute approximate surface area is 164 Å². The smallest absolute Gasteiger partial charge is 0.226 e. The van der Waals surface area contributed by atoms with Crippen LogP contribution in [0.3, 0.4) is 0 Å². The number of hydrogen-bond acceptors (Lipinski definition) is 2. The van der Waals surface area contributed by atoms with Crippen LogP contribution in [0.2, 0.25) is 10.0 Å². The zero-order chi connectivity index (χ0) is 19.3. The van der Waals surface area contributed by atoms with Crippen LogP contribution in [0.1, 0.15) is 38.7 Å². The first-order valence-corrected chi connectivity index (χ1v) is 9.16. The molecule has 2 amide bonds. The summed E-state index contributed by atoms with van der Waals surface area (Å²) in [6, 6.07) is 12.6. The van der Waals surface area contributed by atoms with Gasteiger partial charge in [0.2, 0.25) is 11.8 Å². The lowest BCUT2D eigenvalue weighted by atomic mass is 10.0. The molecule has 2 aromatic carbocycles. The lowest BCUT2D eigenvalue weighted by Crippen LogP contribution is -2.32. The van der Waals surface area contributed by atoms with E-state index in [9.17, 15) is 9.59 Å². The minimum Gasteiger partial charge on any atom is -0.326 e. The van der Waals surface area contributed by atoms with Gasteiger partial charge in [0, 0.05) is 30.6 Å². The van der Waals surface area contributed by atoms with Crippen molar-refractivity contribution < 1.29 is 9.59 Å². The predicted molar refractivity (Wildman–Crippen MR) is 108 cm³/mol. The monoisotopic (exact) mass is 392 g/mol. The van der Waals surface area contributed by atoms with Crippen molar-refractivity contribution >= 4 is 46.4 Å². The van der Waals surface area contributed by atoms with Gasteiger partial charge < -0.3 is 10.2 Å². The number of carbonyl (C=O) groups is 2. The quantitative estimate of drug-likeness (QED) is 0.705. The van der Waals surface area contributed by atoms with Crippen molar-refractivity contribution in [2.45, 2.75) is 33.1 Å². The number of anilines is 2. The van der Waals surface area contributed by atoms with Gasteiger partial charge in [-0.3, -0.25) is 9.59 Å². The molecule has 0 aliphatic heterocycles. The van der Waals surface area contributed by atoms with Crippen molar-refractivity contribution in [3.8, 4) is 0 Å². The second-order valence-electron chi connectivity index (χ2n) is 6.34. The highest BCUT2D eigenvalue weighted by molar-refractivity contribution is 6.35. The second-order valence-corrected chi connectivity index (χ2v) is 7.18. The average Bonchev–Trinajstić information content (AvgIpc) is 2.58. The SMILES string of the molecule is CC(=O)N(CCC(=O)Nc1ccc(C(C)C)cc1)c1cc(Cl)ccc1Cl. The third-order valence-corrected chi connectivity index (χ3v) is 4.56. The fraction of sp³-hybridized carbons (Fsp3) is 0.300. The predicted octanol–water partition coefficient (Wildman–Crippen LogP) is 5.50. The third kappa shape index (κ3) is 5.48. The van der Waals surface area contributed by atoms with Crippen LogP contribution in [-0.4, -0.2) is 18.4 Å². The van der Waals surface area contributed by atoms with Gasteiger partial charge in [0.05, 0.1) is 10.7 Å². The molecule has 0 saturated carbocycles. The van der Waals surface area contributed by atoms with Crippen LogP contribution in [0.25, 0.3) is 0 Å². The number of nitrogens with zero attached hydrogens (tertiary/aromatic N) is 1. The van der Waals surface area contributed by atoms with Crippen molar-refractivity contribution in [2.75, 3.05) is 16.8 Å². The first-order valence-electron chi connectivity index (χ1n) is 8.41. The summed E-state index contributed by atoms with van der Waals surface area (Å²) in [5.74, 6) is 0.0567. The van der Waals surface area contributed by atoms with E-state index < -0.39 is 0 Å². The van der Waals surface area contributed by atoms with Crippen LogP contribution >= 0.6 is 23.2 Å². The van der Waals surface area contributed by atoms with E-state index in [2.05, 4.69) is 19.2 Å². The van der Waals surface area contributed by atoms with E-state index in [1.807, 2.05) is 24.3 Å². The summed E-state index contributed by atoms with van der Waals surface area (Å²) >= 11 is 12.2. The van der Waals surface area contributed by atoms with Crippen LogP contribution in [0.4, 0.5) is 11.4 Å². The molecule has 0 aromatic heterocycles. The number of halogens is 2. The van der Waals surface area contributed by atoms with Gasteiger partial charge in [-0.1, -0.05) is 49.2 Å². The van der Waals surface area contributed by atoms with Gasteiger partial charge in [0.15, 0.2) is 0 Å². The van der Waals surface area contributed by atoms with Crippen molar-refractivity contribution in [3.63, 3.8) is 0 Å². The highest BCUT2D eigenvalue weighted by atomic mass is 35.5. The Morgan fingerprint density at radius 3 is 2.31 bits per heavy atom. The van der Waals surface area contributed by atoms with Crippen molar-refractivity contribution in [2.24, 2.45) is 0 Å². The van der Waals surface area contributed by atoms with Crippen LogP contribution < -0.4 is 10.2 Å². The molecule has 0 fully saturated rings. The molecule has 4 nitrogen and oxygen atoms in total. The Morgan fingerprint density at radius 1 is 1.08 bits per heavy atom. The molecular formula is C20H22Cl2N2O2. The van der Waals surface area contributed by atoms with Gasteiger partial charge in [0.1, 0.15) is 0 Å². The first-order chi connectivity index (χ1) is 12.3. The fourth-order valence-corrected chi connectivity index (χ4v) is 2.91. The number of carbonyl (C=O) groups excluding carboxylic acids is 2. The largest absolute Gasteiger partial charge is 0.326 e. The van der Waals surface area contributed by atoms with Crippen molar-refractivity contribution in [1.82, 2.24) is 0 Å². The fourth-order valence-electron chi connectivity index (χ4n) is 2.53. The zero-order valence-electron chi connectivity index (χ0n) is 15.1. The molecule has 0 bridgehead atoms. The molecule has 26 heavy (non-hydrogen) atoms. The van der Waals surface area contributed by atoms with Gasteiger partial charge in [-0.15, -0.1) is 0 Å². The maximum atomic E-state index is 12.2. The van der Waals surface area contributed by atoms with E-state index in [4.69, 9.17) is 23.2 Å². The molecule has 0 aliphatic rings. The molecule has 0 heterocycles. The number of rotatable bonds is 6. The Balaban J connectivity index is 2.01. The average molecular weight is 393 g/mol. The molecule has 0 aliphatic carbocycles. The molecule has 0 spiro atoms. The van der Waals surface area contributed by atoms with Gasteiger partial charge in [-0.05, 0) is 41.8 Å². The maximum absolute atomic E-state index is 12.2. The highest BCUT2D eigenvalue weighted by Gasteiger charge is 2.17. The van der Waals surface area contributed by atoms with Crippen LogP contribution in [0.5, 0.6) is 0 Å². The minimum absolute atomic E-state index is 0.147. The summed E-state index contributed by atoms with van der Waals surface area (Å²) in [4.78, 5) is 25.7. The van der Waals surface area contributed by atoms with Gasteiger partial charge >= 0.3 is 0 Å². The summed E-state index contributed by atoms with van der Waals surface area (Å²) in [6.45, 7) is 5.88. The minimum atomic E-state index is -0.205. The van der Waals surface area contributed by atoms with Gasteiger partial charge in [0.25, 0.3) is 0 Å². The lowest BCUT2D eigenvalue weighted by Gasteiger charge is -2.22. The van der Waals surface area contributed by atoms with Crippen LogP contribution in [0.15, 0.2) is 42.5 Å². The molecular weight excluding hydrogens is 371 g/mol. The standard InChI is InChI=1S/C20H22Cl2N2O2/c1-13(2)15-4-7-17(8-5-15)23-20(26)10-11-24(14(3)25)19-12-16(21)6-9-18(19)22/h4-9,12-13H,10-11H2,1-3H3,(H,23,26). The molecule has 0 atom stereocenters. The highest BCUT2D eigenvalue weighted by Crippen LogP contribution is 2.29. The lowest BCUT2D eigenvalue weighted by molar-refractivity contribution is -0.117. The molecule has 2 aromatic rings.